The van der Waals surface area contributed by atoms with E-state index in [9.17, 15) is 4.79 Å². The maximum atomic E-state index is 12.0. The van der Waals surface area contributed by atoms with Crippen molar-refractivity contribution in [3.63, 3.8) is 0 Å². The Hall–Kier alpha value is -2.05. The van der Waals surface area contributed by atoms with Crippen LogP contribution in [0, 0.1) is 0 Å². The van der Waals surface area contributed by atoms with Gasteiger partial charge >= 0.3 is 0 Å². The first-order chi connectivity index (χ1) is 11.7. The molecule has 3 aromatic rings. The molecule has 0 spiro atoms. The second-order valence-corrected chi connectivity index (χ2v) is 7.16. The Labute approximate surface area is 149 Å². The summed E-state index contributed by atoms with van der Waals surface area (Å²) >= 11 is 3.12. The van der Waals surface area contributed by atoms with Crippen molar-refractivity contribution in [1.29, 1.82) is 0 Å². The number of nitrogens with one attached hydrogen (secondary N) is 1. The van der Waals surface area contributed by atoms with Crippen molar-refractivity contribution in [2.75, 3.05) is 5.75 Å². The standard InChI is InChI=1S/C18H18N2O2S2/c1-13(14-6-3-2-4-7-14)19-17(21)12-23-10-15-11-24-18(20-15)16-8-5-9-22-16/h2-9,11,13H,10,12H2,1H3,(H,19,21)/t13-/m1/s1. The van der Waals surface area contributed by atoms with Gasteiger partial charge in [0.05, 0.1) is 23.8 Å². The number of nitrogens with zero attached hydrogens (tertiary/aromatic N) is 1. The lowest BCUT2D eigenvalue weighted by Gasteiger charge is -2.13. The van der Waals surface area contributed by atoms with E-state index in [1.54, 1.807) is 29.4 Å². The van der Waals surface area contributed by atoms with Crippen LogP contribution >= 0.6 is 23.1 Å². The summed E-state index contributed by atoms with van der Waals surface area (Å²) in [7, 11) is 0. The summed E-state index contributed by atoms with van der Waals surface area (Å²) in [5.41, 5.74) is 2.08. The van der Waals surface area contributed by atoms with E-state index in [1.165, 1.54) is 0 Å². The Morgan fingerprint density at radius 1 is 1.29 bits per heavy atom. The zero-order valence-electron chi connectivity index (χ0n) is 13.3. The third-order valence-corrected chi connectivity index (χ3v) is 5.32. The van der Waals surface area contributed by atoms with E-state index < -0.39 is 0 Å². The van der Waals surface area contributed by atoms with Crippen molar-refractivity contribution in [3.05, 3.63) is 65.4 Å². The normalized spacial score (nSPS) is 12.0. The molecule has 3 rings (SSSR count). The molecule has 0 saturated carbocycles. The SMILES string of the molecule is C[C@@H](NC(=O)CSCc1csc(-c2ccco2)n1)c1ccccc1. The van der Waals surface area contributed by atoms with Crippen LogP contribution in [0.1, 0.15) is 24.2 Å². The molecule has 0 aliphatic rings. The number of thiazole rings is 1. The first-order valence-corrected chi connectivity index (χ1v) is 9.66. The number of aromatic nitrogens is 1. The van der Waals surface area contributed by atoms with Crippen molar-refractivity contribution in [3.8, 4) is 10.8 Å². The quantitative estimate of drug-likeness (QED) is 0.675. The highest BCUT2D eigenvalue weighted by Crippen LogP contribution is 2.25. The average molecular weight is 358 g/mol. The van der Waals surface area contributed by atoms with Gasteiger partial charge in [0.25, 0.3) is 0 Å². The molecule has 2 heterocycles. The highest BCUT2D eigenvalue weighted by Gasteiger charge is 2.11. The van der Waals surface area contributed by atoms with Crippen molar-refractivity contribution in [2.24, 2.45) is 0 Å². The van der Waals surface area contributed by atoms with Gasteiger partial charge in [-0.1, -0.05) is 30.3 Å². The molecule has 1 amide bonds. The summed E-state index contributed by atoms with van der Waals surface area (Å²) < 4.78 is 5.34. The van der Waals surface area contributed by atoms with E-state index in [0.29, 0.717) is 11.5 Å². The number of hydrogen-bond acceptors (Lipinski definition) is 5. The minimum atomic E-state index is 0.0177. The summed E-state index contributed by atoms with van der Waals surface area (Å²) in [5, 5.41) is 5.90. The minimum Gasteiger partial charge on any atom is -0.462 e. The third-order valence-electron chi connectivity index (χ3n) is 3.44. The van der Waals surface area contributed by atoms with Gasteiger partial charge in [-0.15, -0.1) is 23.1 Å². The van der Waals surface area contributed by atoms with E-state index in [1.807, 2.05) is 54.8 Å². The first kappa shape index (κ1) is 16.8. The molecule has 0 saturated heterocycles. The number of thioether (sulfide) groups is 1. The molecular weight excluding hydrogens is 340 g/mol. The van der Waals surface area contributed by atoms with Crippen LogP contribution in [-0.4, -0.2) is 16.6 Å². The minimum absolute atomic E-state index is 0.0177. The zero-order valence-corrected chi connectivity index (χ0v) is 14.9. The predicted molar refractivity (Wildman–Crippen MR) is 99.0 cm³/mol. The van der Waals surface area contributed by atoms with Crippen LogP contribution in [0.2, 0.25) is 0 Å². The third kappa shape index (κ3) is 4.49. The molecule has 1 aromatic carbocycles. The summed E-state index contributed by atoms with van der Waals surface area (Å²) in [6.07, 6.45) is 1.64. The Kier molecular flexibility index (Phi) is 5.72. The van der Waals surface area contributed by atoms with Crippen LogP contribution in [0.3, 0.4) is 0 Å². The molecule has 0 fully saturated rings. The van der Waals surface area contributed by atoms with E-state index in [4.69, 9.17) is 4.42 Å². The summed E-state index contributed by atoms with van der Waals surface area (Å²) in [6.45, 7) is 1.99. The van der Waals surface area contributed by atoms with Crippen LogP contribution in [0.4, 0.5) is 0 Å². The van der Waals surface area contributed by atoms with Gasteiger partial charge in [-0.3, -0.25) is 4.79 Å². The highest BCUT2D eigenvalue weighted by molar-refractivity contribution is 7.99. The fraction of sp³-hybridized carbons (Fsp3) is 0.222. The summed E-state index contributed by atoms with van der Waals surface area (Å²) in [4.78, 5) is 16.6. The van der Waals surface area contributed by atoms with Crippen molar-refractivity contribution in [2.45, 2.75) is 18.7 Å². The second-order valence-electron chi connectivity index (χ2n) is 5.31. The largest absolute Gasteiger partial charge is 0.462 e. The number of benzene rings is 1. The van der Waals surface area contributed by atoms with Gasteiger partial charge in [0.1, 0.15) is 0 Å². The molecule has 0 radical (unpaired) electrons. The van der Waals surface area contributed by atoms with Crippen LogP contribution in [-0.2, 0) is 10.5 Å². The lowest BCUT2D eigenvalue weighted by Crippen LogP contribution is -2.28. The molecule has 0 unspecified atom stereocenters. The Morgan fingerprint density at radius 2 is 2.12 bits per heavy atom. The molecule has 6 heteroatoms. The van der Waals surface area contributed by atoms with Gasteiger partial charge in [-0.2, -0.15) is 0 Å². The van der Waals surface area contributed by atoms with E-state index in [-0.39, 0.29) is 11.9 Å². The molecule has 124 valence electrons. The number of amides is 1. The molecule has 0 bridgehead atoms. The molecule has 4 nitrogen and oxygen atoms in total. The Balaban J connectivity index is 1.44. The highest BCUT2D eigenvalue weighted by atomic mass is 32.2. The van der Waals surface area contributed by atoms with Gasteiger partial charge in [-0.25, -0.2) is 4.98 Å². The fourth-order valence-corrected chi connectivity index (χ4v) is 3.86. The molecule has 1 atom stereocenters. The first-order valence-electron chi connectivity index (χ1n) is 7.62. The molecule has 0 aliphatic heterocycles. The fourth-order valence-electron chi connectivity index (χ4n) is 2.24. The average Bonchev–Trinajstić information content (AvgIpc) is 3.27. The van der Waals surface area contributed by atoms with Gasteiger partial charge < -0.3 is 9.73 Å². The van der Waals surface area contributed by atoms with Crippen molar-refractivity contribution < 1.29 is 9.21 Å². The summed E-state index contributed by atoms with van der Waals surface area (Å²) in [5.74, 6) is 1.96. The predicted octanol–water partition coefficient (Wildman–Crippen LogP) is 4.51. The molecular formula is C18H18N2O2S2. The van der Waals surface area contributed by atoms with Crippen molar-refractivity contribution in [1.82, 2.24) is 10.3 Å². The molecule has 24 heavy (non-hydrogen) atoms. The number of furan rings is 1. The van der Waals surface area contributed by atoms with Crippen LogP contribution in [0.15, 0.2) is 58.5 Å². The van der Waals surface area contributed by atoms with Gasteiger partial charge in [0.15, 0.2) is 10.8 Å². The number of carbonyl (C=O) groups is 1. The van der Waals surface area contributed by atoms with Crippen LogP contribution in [0.25, 0.3) is 10.8 Å². The van der Waals surface area contributed by atoms with Crippen LogP contribution < -0.4 is 5.32 Å². The lowest BCUT2D eigenvalue weighted by atomic mass is 10.1. The number of hydrogen-bond donors (Lipinski definition) is 1. The maximum Gasteiger partial charge on any atom is 0.230 e. The molecule has 0 aliphatic carbocycles. The van der Waals surface area contributed by atoms with Gasteiger partial charge in [0.2, 0.25) is 5.91 Å². The van der Waals surface area contributed by atoms with E-state index in [0.717, 1.165) is 22.0 Å². The van der Waals surface area contributed by atoms with Gasteiger partial charge in [0, 0.05) is 11.1 Å². The molecule has 2 aromatic heterocycles. The summed E-state index contributed by atoms with van der Waals surface area (Å²) in [6, 6.07) is 13.7. The lowest BCUT2D eigenvalue weighted by molar-refractivity contribution is -0.119. The van der Waals surface area contributed by atoms with E-state index >= 15 is 0 Å². The van der Waals surface area contributed by atoms with Gasteiger partial charge in [-0.05, 0) is 24.6 Å². The maximum absolute atomic E-state index is 12.0. The monoisotopic (exact) mass is 358 g/mol. The zero-order chi connectivity index (χ0) is 16.8. The van der Waals surface area contributed by atoms with E-state index in [2.05, 4.69) is 10.3 Å². The number of rotatable bonds is 7. The van der Waals surface area contributed by atoms with Crippen molar-refractivity contribution >= 4 is 29.0 Å². The molecule has 1 N–H and O–H groups in total. The smallest absolute Gasteiger partial charge is 0.230 e. The topological polar surface area (TPSA) is 55.1 Å². The Bertz CT molecular complexity index is 769. The van der Waals surface area contributed by atoms with Crippen LogP contribution in [0.5, 0.6) is 0 Å². The Morgan fingerprint density at radius 3 is 2.88 bits per heavy atom. The number of carbonyl (C=O) groups excluding carboxylic acids is 1. The second kappa shape index (κ2) is 8.17.